The molecule has 1 saturated heterocycles. The molecule has 8 nitrogen and oxygen atoms in total. The molecular formula is C18H19F3N6O2S. The van der Waals surface area contributed by atoms with Gasteiger partial charge in [-0.25, -0.2) is 18.4 Å². The summed E-state index contributed by atoms with van der Waals surface area (Å²) in [4.78, 5) is 7.48. The van der Waals surface area contributed by atoms with Gasteiger partial charge < -0.3 is 11.5 Å². The highest BCUT2D eigenvalue weighted by Crippen LogP contribution is 2.33. The Hall–Kier alpha value is -2.70. The molecule has 30 heavy (non-hydrogen) atoms. The van der Waals surface area contributed by atoms with Gasteiger partial charge in [0.2, 0.25) is 10.0 Å². The lowest BCUT2D eigenvalue weighted by Gasteiger charge is -2.17. The van der Waals surface area contributed by atoms with E-state index < -0.39 is 21.9 Å². The monoisotopic (exact) mass is 440 g/mol. The number of rotatable bonds is 3. The summed E-state index contributed by atoms with van der Waals surface area (Å²) >= 11 is 0. The van der Waals surface area contributed by atoms with Crippen LogP contribution < -0.4 is 11.5 Å². The Kier molecular flexibility index (Phi) is 4.75. The van der Waals surface area contributed by atoms with Crippen LogP contribution in [0, 0.1) is 6.92 Å². The maximum absolute atomic E-state index is 13.2. The molecule has 2 aromatic heterocycles. The van der Waals surface area contributed by atoms with E-state index >= 15 is 0 Å². The van der Waals surface area contributed by atoms with E-state index in [1.807, 2.05) is 0 Å². The molecule has 160 valence electrons. The van der Waals surface area contributed by atoms with Crippen molar-refractivity contribution in [1.82, 2.24) is 18.7 Å². The van der Waals surface area contributed by atoms with Gasteiger partial charge in [0.15, 0.2) is 17.2 Å². The van der Waals surface area contributed by atoms with E-state index in [-0.39, 0.29) is 34.6 Å². The Bertz CT molecular complexity index is 1240. The van der Waals surface area contributed by atoms with Crippen LogP contribution in [0.3, 0.4) is 0 Å². The molecule has 0 spiro atoms. The molecular weight excluding hydrogens is 421 g/mol. The van der Waals surface area contributed by atoms with Crippen LogP contribution in [0.25, 0.3) is 16.9 Å². The Labute approximate surface area is 170 Å². The average molecular weight is 440 g/mol. The summed E-state index contributed by atoms with van der Waals surface area (Å²) in [5.74, 6) is -0.372. The van der Waals surface area contributed by atoms with Gasteiger partial charge >= 0.3 is 6.18 Å². The van der Waals surface area contributed by atoms with Gasteiger partial charge in [-0.15, -0.1) is 0 Å². The maximum atomic E-state index is 13.2. The summed E-state index contributed by atoms with van der Waals surface area (Å²) in [7, 11) is -3.79. The number of aromatic nitrogens is 3. The fourth-order valence-electron chi connectivity index (χ4n) is 3.51. The Morgan fingerprint density at radius 1 is 1.27 bits per heavy atom. The lowest BCUT2D eigenvalue weighted by molar-refractivity contribution is -0.141. The number of nitrogens with two attached hydrogens (primary N) is 2. The summed E-state index contributed by atoms with van der Waals surface area (Å²) in [6.07, 6.45) is -1.98. The highest BCUT2D eigenvalue weighted by Gasteiger charge is 2.34. The zero-order chi connectivity index (χ0) is 21.8. The van der Waals surface area contributed by atoms with E-state index in [1.165, 1.54) is 27.0 Å². The lowest BCUT2D eigenvalue weighted by Crippen LogP contribution is -2.32. The van der Waals surface area contributed by atoms with E-state index in [0.29, 0.717) is 24.1 Å². The number of benzene rings is 1. The molecule has 12 heteroatoms. The van der Waals surface area contributed by atoms with Crippen molar-refractivity contribution in [1.29, 1.82) is 0 Å². The van der Waals surface area contributed by atoms with Crippen LogP contribution in [0.1, 0.15) is 17.7 Å². The fourth-order valence-corrected chi connectivity index (χ4v) is 5.05. The number of anilines is 1. The Balaban J connectivity index is 1.86. The predicted octanol–water partition coefficient (Wildman–Crippen LogP) is 2.03. The number of hydrogen-bond donors (Lipinski definition) is 2. The second kappa shape index (κ2) is 6.93. The van der Waals surface area contributed by atoms with Gasteiger partial charge in [0.05, 0.1) is 16.8 Å². The molecule has 0 aliphatic carbocycles. The Morgan fingerprint density at radius 3 is 2.63 bits per heavy atom. The quantitative estimate of drug-likeness (QED) is 0.643. The van der Waals surface area contributed by atoms with Gasteiger partial charge in [-0.2, -0.15) is 17.5 Å². The Morgan fingerprint density at radius 2 is 2.00 bits per heavy atom. The van der Waals surface area contributed by atoms with Crippen LogP contribution >= 0.6 is 0 Å². The van der Waals surface area contributed by atoms with Crippen molar-refractivity contribution in [3.63, 3.8) is 0 Å². The van der Waals surface area contributed by atoms with Crippen molar-refractivity contribution in [3.8, 4) is 11.3 Å². The standard InChI is InChI=1S/C18H19F3N6O2S/c1-10-2-3-12(30(28,29)26-5-4-11(22)8-26)6-13(10)14-7-24-17-16(23)25-15(9-27(14)17)18(19,20)21/h2-3,6-7,9,11H,4-5,8,22H2,1H3,(H2,23,25). The molecule has 1 aromatic carbocycles. The molecule has 3 aromatic rings. The first-order chi connectivity index (χ1) is 14.0. The van der Waals surface area contributed by atoms with Crippen molar-refractivity contribution in [2.75, 3.05) is 18.8 Å². The predicted molar refractivity (Wildman–Crippen MR) is 104 cm³/mol. The first kappa shape index (κ1) is 20.6. The molecule has 1 aliphatic rings. The van der Waals surface area contributed by atoms with E-state index in [4.69, 9.17) is 11.5 Å². The third-order valence-corrected chi connectivity index (χ3v) is 6.98. The van der Waals surface area contributed by atoms with E-state index in [0.717, 1.165) is 6.20 Å². The van der Waals surface area contributed by atoms with E-state index in [9.17, 15) is 21.6 Å². The normalized spacial score (nSPS) is 18.4. The number of hydrogen-bond acceptors (Lipinski definition) is 6. The first-order valence-corrected chi connectivity index (χ1v) is 10.5. The van der Waals surface area contributed by atoms with Crippen molar-refractivity contribution >= 4 is 21.5 Å². The number of fused-ring (bicyclic) bond motifs is 1. The third-order valence-electron chi connectivity index (χ3n) is 5.12. The molecule has 0 amide bonds. The summed E-state index contributed by atoms with van der Waals surface area (Å²) in [5.41, 5.74) is 11.7. The average Bonchev–Trinajstić information content (AvgIpc) is 3.28. The second-order valence-corrected chi connectivity index (χ2v) is 9.17. The molecule has 1 fully saturated rings. The zero-order valence-corrected chi connectivity index (χ0v) is 16.7. The minimum atomic E-state index is -4.70. The van der Waals surface area contributed by atoms with Gasteiger partial charge in [-0.3, -0.25) is 4.40 Å². The van der Waals surface area contributed by atoms with Crippen LogP contribution in [0.2, 0.25) is 0 Å². The number of halogens is 3. The molecule has 4 N–H and O–H groups in total. The summed E-state index contributed by atoms with van der Waals surface area (Å²) < 4.78 is 68.0. The topological polar surface area (TPSA) is 120 Å². The number of nitrogen functional groups attached to an aromatic ring is 1. The largest absolute Gasteiger partial charge is 0.434 e. The molecule has 1 unspecified atom stereocenters. The van der Waals surface area contributed by atoms with Crippen LogP contribution in [-0.2, 0) is 16.2 Å². The van der Waals surface area contributed by atoms with Crippen molar-refractivity contribution < 1.29 is 21.6 Å². The van der Waals surface area contributed by atoms with Crippen LogP contribution in [0.4, 0.5) is 19.0 Å². The molecule has 4 rings (SSSR count). The molecule has 0 radical (unpaired) electrons. The highest BCUT2D eigenvalue weighted by molar-refractivity contribution is 7.89. The van der Waals surface area contributed by atoms with E-state index in [1.54, 1.807) is 13.0 Å². The zero-order valence-electron chi connectivity index (χ0n) is 15.9. The molecule has 1 atom stereocenters. The maximum Gasteiger partial charge on any atom is 0.434 e. The number of aryl methyl sites for hydroxylation is 1. The highest BCUT2D eigenvalue weighted by atomic mass is 32.2. The van der Waals surface area contributed by atoms with Gasteiger partial charge in [-0.1, -0.05) is 6.07 Å². The summed E-state index contributed by atoms with van der Waals surface area (Å²) in [6, 6.07) is 4.28. The SMILES string of the molecule is Cc1ccc(S(=O)(=O)N2CCC(N)C2)cc1-c1cnc2c(N)nc(C(F)(F)F)cn12. The number of imidazole rings is 1. The van der Waals surface area contributed by atoms with Gasteiger partial charge in [0.1, 0.15) is 0 Å². The lowest BCUT2D eigenvalue weighted by atomic mass is 10.1. The minimum Gasteiger partial charge on any atom is -0.381 e. The van der Waals surface area contributed by atoms with Gasteiger partial charge in [0.25, 0.3) is 0 Å². The second-order valence-electron chi connectivity index (χ2n) is 7.23. The molecule has 0 bridgehead atoms. The van der Waals surface area contributed by atoms with Crippen LogP contribution in [0.5, 0.6) is 0 Å². The number of alkyl halides is 3. The van der Waals surface area contributed by atoms with Crippen LogP contribution in [0.15, 0.2) is 35.5 Å². The summed E-state index contributed by atoms with van der Waals surface area (Å²) in [6.45, 7) is 2.27. The van der Waals surface area contributed by atoms with Crippen molar-refractivity contribution in [3.05, 3.63) is 41.9 Å². The van der Waals surface area contributed by atoms with Crippen LogP contribution in [-0.4, -0.2) is 46.2 Å². The molecule has 1 aliphatic heterocycles. The van der Waals surface area contributed by atoms with Crippen molar-refractivity contribution in [2.45, 2.75) is 30.5 Å². The number of sulfonamides is 1. The third kappa shape index (κ3) is 3.40. The van der Waals surface area contributed by atoms with Gasteiger partial charge in [0, 0.05) is 30.9 Å². The van der Waals surface area contributed by atoms with Gasteiger partial charge in [-0.05, 0) is 31.0 Å². The van der Waals surface area contributed by atoms with E-state index in [2.05, 4.69) is 9.97 Å². The fraction of sp³-hybridized carbons (Fsp3) is 0.333. The smallest absolute Gasteiger partial charge is 0.381 e. The first-order valence-electron chi connectivity index (χ1n) is 9.06. The minimum absolute atomic E-state index is 0.0326. The molecule has 0 saturated carbocycles. The summed E-state index contributed by atoms with van der Waals surface area (Å²) in [5, 5.41) is 0. The van der Waals surface area contributed by atoms with Crippen molar-refractivity contribution in [2.24, 2.45) is 5.73 Å². The molecule has 3 heterocycles. The number of nitrogens with zero attached hydrogens (tertiary/aromatic N) is 4.